The molecule has 4 heteroatoms. The van der Waals surface area contributed by atoms with Gasteiger partial charge < -0.3 is 10.0 Å². The molecule has 0 aromatic heterocycles. The molecule has 1 aliphatic rings. The van der Waals surface area contributed by atoms with E-state index >= 15 is 0 Å². The molecule has 0 spiro atoms. The Balaban J connectivity index is 2.59. The Labute approximate surface area is 109 Å². The zero-order valence-electron chi connectivity index (χ0n) is 11.7. The van der Waals surface area contributed by atoms with Crippen molar-refractivity contribution in [3.8, 4) is 0 Å². The van der Waals surface area contributed by atoms with Crippen molar-refractivity contribution in [3.63, 3.8) is 0 Å². The summed E-state index contributed by atoms with van der Waals surface area (Å²) in [6.45, 7) is 4.91. The number of hydrogen-bond acceptors (Lipinski definition) is 2. The first-order valence-corrected chi connectivity index (χ1v) is 6.88. The van der Waals surface area contributed by atoms with Crippen LogP contribution in [-0.4, -0.2) is 35.5 Å². The Bertz CT molecular complexity index is 308. The van der Waals surface area contributed by atoms with E-state index < -0.39 is 11.4 Å². The summed E-state index contributed by atoms with van der Waals surface area (Å²) in [4.78, 5) is 25.2. The van der Waals surface area contributed by atoms with Gasteiger partial charge in [-0.1, -0.05) is 33.1 Å². The van der Waals surface area contributed by atoms with Gasteiger partial charge >= 0.3 is 5.97 Å². The monoisotopic (exact) mass is 255 g/mol. The molecule has 1 saturated carbocycles. The molecule has 104 valence electrons. The molecule has 1 N–H and O–H groups in total. The lowest BCUT2D eigenvalue weighted by atomic mass is 9.82. The molecule has 0 aromatic rings. The number of hydrogen-bond donors (Lipinski definition) is 1. The molecule has 0 radical (unpaired) electrons. The Hall–Kier alpha value is -1.06. The Morgan fingerprint density at radius 1 is 1.33 bits per heavy atom. The van der Waals surface area contributed by atoms with Gasteiger partial charge in [0.25, 0.3) is 0 Å². The van der Waals surface area contributed by atoms with Gasteiger partial charge in [-0.15, -0.1) is 0 Å². The minimum absolute atomic E-state index is 0.0281. The molecular formula is C14H25NO3. The average Bonchev–Trinajstić information content (AvgIpc) is 2.78. The summed E-state index contributed by atoms with van der Waals surface area (Å²) in [7, 11) is 1.78. The number of carboxylic acid groups (broad SMARTS) is 1. The summed E-state index contributed by atoms with van der Waals surface area (Å²) in [5.41, 5.74) is -0.791. The lowest BCUT2D eigenvalue weighted by Gasteiger charge is -2.27. The Morgan fingerprint density at radius 3 is 2.33 bits per heavy atom. The van der Waals surface area contributed by atoms with Crippen LogP contribution in [0.3, 0.4) is 0 Å². The molecule has 1 atom stereocenters. The average molecular weight is 255 g/mol. The Kier molecular flexibility index (Phi) is 5.17. The molecule has 0 aliphatic heterocycles. The molecule has 1 aliphatic carbocycles. The quantitative estimate of drug-likeness (QED) is 0.793. The highest BCUT2D eigenvalue weighted by molar-refractivity contribution is 5.85. The van der Waals surface area contributed by atoms with Crippen LogP contribution in [-0.2, 0) is 9.59 Å². The summed E-state index contributed by atoms with van der Waals surface area (Å²) < 4.78 is 0. The van der Waals surface area contributed by atoms with E-state index in [2.05, 4.69) is 13.8 Å². The van der Waals surface area contributed by atoms with E-state index in [1.807, 2.05) is 0 Å². The van der Waals surface area contributed by atoms with E-state index in [9.17, 15) is 14.7 Å². The second kappa shape index (κ2) is 6.21. The van der Waals surface area contributed by atoms with Crippen molar-refractivity contribution in [2.45, 2.75) is 52.4 Å². The van der Waals surface area contributed by atoms with Gasteiger partial charge in [-0.2, -0.15) is 0 Å². The molecule has 0 heterocycles. The molecule has 1 rings (SSSR count). The fourth-order valence-electron chi connectivity index (χ4n) is 2.64. The van der Waals surface area contributed by atoms with E-state index in [0.29, 0.717) is 25.3 Å². The zero-order valence-corrected chi connectivity index (χ0v) is 11.7. The van der Waals surface area contributed by atoms with Crippen molar-refractivity contribution in [1.29, 1.82) is 0 Å². The number of aliphatic carboxylic acids is 1. The number of rotatable bonds is 6. The maximum atomic E-state index is 12.1. The summed E-state index contributed by atoms with van der Waals surface area (Å²) in [5.74, 6) is -0.367. The van der Waals surface area contributed by atoms with Crippen molar-refractivity contribution < 1.29 is 14.7 Å². The Morgan fingerprint density at radius 2 is 1.89 bits per heavy atom. The second-order valence-corrected chi connectivity index (χ2v) is 5.76. The molecular weight excluding hydrogens is 230 g/mol. The zero-order chi connectivity index (χ0) is 13.8. The van der Waals surface area contributed by atoms with Gasteiger partial charge in [0.1, 0.15) is 0 Å². The standard InChI is InChI=1S/C14H25NO3/c1-4-11(2)10-15(3)12(16)9-14(13(17)18)7-5-6-8-14/h11H,4-10H2,1-3H3,(H,17,18). The highest BCUT2D eigenvalue weighted by Gasteiger charge is 2.43. The van der Waals surface area contributed by atoms with E-state index in [1.54, 1.807) is 11.9 Å². The molecule has 18 heavy (non-hydrogen) atoms. The van der Waals surface area contributed by atoms with Crippen LogP contribution in [0.1, 0.15) is 52.4 Å². The second-order valence-electron chi connectivity index (χ2n) is 5.76. The van der Waals surface area contributed by atoms with Crippen LogP contribution in [0, 0.1) is 11.3 Å². The van der Waals surface area contributed by atoms with Crippen molar-refractivity contribution in [3.05, 3.63) is 0 Å². The van der Waals surface area contributed by atoms with Gasteiger partial charge in [0, 0.05) is 20.0 Å². The van der Waals surface area contributed by atoms with Crippen LogP contribution < -0.4 is 0 Å². The first-order chi connectivity index (χ1) is 8.41. The summed E-state index contributed by atoms with van der Waals surface area (Å²) >= 11 is 0. The molecule has 0 aromatic carbocycles. The van der Waals surface area contributed by atoms with Crippen LogP contribution in [0.4, 0.5) is 0 Å². The van der Waals surface area contributed by atoms with Gasteiger partial charge in [0.05, 0.1) is 5.41 Å². The van der Waals surface area contributed by atoms with Crippen LogP contribution in [0.5, 0.6) is 0 Å². The van der Waals surface area contributed by atoms with Crippen LogP contribution in [0.25, 0.3) is 0 Å². The minimum atomic E-state index is -0.801. The van der Waals surface area contributed by atoms with E-state index in [4.69, 9.17) is 0 Å². The third kappa shape index (κ3) is 3.47. The highest BCUT2D eigenvalue weighted by Crippen LogP contribution is 2.41. The van der Waals surface area contributed by atoms with Crippen LogP contribution in [0.2, 0.25) is 0 Å². The topological polar surface area (TPSA) is 57.6 Å². The molecule has 1 fully saturated rings. The van der Waals surface area contributed by atoms with E-state index in [-0.39, 0.29) is 12.3 Å². The fraction of sp³-hybridized carbons (Fsp3) is 0.857. The number of nitrogens with zero attached hydrogens (tertiary/aromatic N) is 1. The number of carbonyl (C=O) groups is 2. The van der Waals surface area contributed by atoms with Crippen LogP contribution >= 0.6 is 0 Å². The minimum Gasteiger partial charge on any atom is -0.481 e. The summed E-state index contributed by atoms with van der Waals surface area (Å²) in [6, 6.07) is 0. The normalized spacial score (nSPS) is 19.5. The molecule has 4 nitrogen and oxygen atoms in total. The maximum Gasteiger partial charge on any atom is 0.310 e. The van der Waals surface area contributed by atoms with Crippen molar-refractivity contribution >= 4 is 11.9 Å². The highest BCUT2D eigenvalue weighted by atomic mass is 16.4. The van der Waals surface area contributed by atoms with E-state index in [0.717, 1.165) is 19.3 Å². The predicted molar refractivity (Wildman–Crippen MR) is 70.2 cm³/mol. The van der Waals surface area contributed by atoms with Crippen LogP contribution in [0.15, 0.2) is 0 Å². The van der Waals surface area contributed by atoms with Crippen molar-refractivity contribution in [2.75, 3.05) is 13.6 Å². The predicted octanol–water partition coefficient (Wildman–Crippen LogP) is 2.53. The molecule has 1 unspecified atom stereocenters. The molecule has 1 amide bonds. The van der Waals surface area contributed by atoms with Gasteiger partial charge in [-0.3, -0.25) is 9.59 Å². The molecule has 0 bridgehead atoms. The number of carboxylic acids is 1. The first-order valence-electron chi connectivity index (χ1n) is 6.88. The largest absolute Gasteiger partial charge is 0.481 e. The first kappa shape index (κ1) is 15.0. The maximum absolute atomic E-state index is 12.1. The lowest BCUT2D eigenvalue weighted by molar-refractivity contribution is -0.153. The third-order valence-electron chi connectivity index (χ3n) is 4.21. The lowest BCUT2D eigenvalue weighted by Crippen LogP contribution is -2.38. The van der Waals surface area contributed by atoms with Crippen molar-refractivity contribution in [2.24, 2.45) is 11.3 Å². The van der Waals surface area contributed by atoms with Crippen molar-refractivity contribution in [1.82, 2.24) is 4.90 Å². The van der Waals surface area contributed by atoms with E-state index in [1.165, 1.54) is 0 Å². The SMILES string of the molecule is CCC(C)CN(C)C(=O)CC1(C(=O)O)CCCC1. The smallest absolute Gasteiger partial charge is 0.310 e. The molecule has 0 saturated heterocycles. The van der Waals surface area contributed by atoms with Gasteiger partial charge in [0.2, 0.25) is 5.91 Å². The fourth-order valence-corrected chi connectivity index (χ4v) is 2.64. The van der Waals surface area contributed by atoms with Gasteiger partial charge in [-0.05, 0) is 18.8 Å². The van der Waals surface area contributed by atoms with Gasteiger partial charge in [-0.25, -0.2) is 0 Å². The third-order valence-corrected chi connectivity index (χ3v) is 4.21. The van der Waals surface area contributed by atoms with Gasteiger partial charge in [0.15, 0.2) is 0 Å². The number of amides is 1. The summed E-state index contributed by atoms with van der Waals surface area (Å²) in [6.07, 6.45) is 4.33. The number of carbonyl (C=O) groups excluding carboxylic acids is 1. The summed E-state index contributed by atoms with van der Waals surface area (Å²) in [5, 5.41) is 9.35.